The molecule has 0 radical (unpaired) electrons. The molecule has 0 amide bonds. The van der Waals surface area contributed by atoms with Crippen LogP contribution in [-0.4, -0.2) is 12.8 Å². The van der Waals surface area contributed by atoms with Crippen LogP contribution >= 0.6 is 7.26 Å². The van der Waals surface area contributed by atoms with Gasteiger partial charge in [0, 0.05) is 0 Å². The maximum atomic E-state index is 5.90. The molecule has 4 rings (SSSR count). The fourth-order valence-electron chi connectivity index (χ4n) is 4.48. The van der Waals surface area contributed by atoms with E-state index in [1.165, 1.54) is 34.9 Å². The van der Waals surface area contributed by atoms with Crippen LogP contribution in [0.3, 0.4) is 0 Å². The third-order valence-corrected chi connectivity index (χ3v) is 11.1. The molecule has 31 heavy (non-hydrogen) atoms. The maximum absolute atomic E-state index is 5.90. The van der Waals surface area contributed by atoms with E-state index in [9.17, 15) is 0 Å². The van der Waals surface area contributed by atoms with Gasteiger partial charge in [0.25, 0.3) is 0 Å². The zero-order valence-electron chi connectivity index (χ0n) is 18.0. The van der Waals surface area contributed by atoms with E-state index in [0.29, 0.717) is 0 Å². The number of rotatable bonds is 10. The van der Waals surface area contributed by atoms with E-state index in [2.05, 4.69) is 91.0 Å². The molecular weight excluding hydrogens is 395 g/mol. The van der Waals surface area contributed by atoms with Crippen molar-refractivity contribution >= 4 is 23.2 Å². The second-order valence-electron chi connectivity index (χ2n) is 7.98. The number of benzene rings is 4. The molecule has 1 nitrogen and oxygen atoms in total. The summed E-state index contributed by atoms with van der Waals surface area (Å²) in [7, 11) is -2.09. The predicted molar refractivity (Wildman–Crippen MR) is 137 cm³/mol. The minimum atomic E-state index is -2.09. The Morgan fingerprint density at radius 2 is 0.871 bits per heavy atom. The summed E-state index contributed by atoms with van der Waals surface area (Å²) in [5.41, 5.74) is 0. The molecule has 0 atom stereocenters. The molecule has 4 aromatic carbocycles. The molecule has 0 aliphatic carbocycles. The monoisotopic (exact) mass is 426 g/mol. The Kier molecular flexibility index (Phi) is 7.53. The Labute approximate surface area is 187 Å². The van der Waals surface area contributed by atoms with Crippen LogP contribution in [0.4, 0.5) is 0 Å². The third kappa shape index (κ3) is 5.24. The normalized spacial score (nSPS) is 11.7. The molecule has 0 aliphatic rings. The first kappa shape index (κ1) is 21.3. The van der Waals surface area contributed by atoms with Crippen LogP contribution in [0.5, 0.6) is 5.75 Å². The summed E-state index contributed by atoms with van der Waals surface area (Å²) < 4.78 is 5.90. The number of para-hydroxylation sites is 1. The first-order chi connectivity index (χ1) is 15.4. The molecule has 0 unspecified atom stereocenters. The first-order valence-electron chi connectivity index (χ1n) is 11.2. The van der Waals surface area contributed by atoms with Gasteiger partial charge in [-0.1, -0.05) is 0 Å². The third-order valence-electron chi connectivity index (χ3n) is 6.01. The summed E-state index contributed by atoms with van der Waals surface area (Å²) in [4.78, 5) is 0. The van der Waals surface area contributed by atoms with Crippen molar-refractivity contribution in [2.45, 2.75) is 19.3 Å². The van der Waals surface area contributed by atoms with Crippen molar-refractivity contribution in [3.05, 3.63) is 121 Å². The van der Waals surface area contributed by atoms with Gasteiger partial charge in [0.2, 0.25) is 0 Å². The minimum absolute atomic E-state index is 0.778. The van der Waals surface area contributed by atoms with Crippen molar-refractivity contribution in [1.82, 2.24) is 0 Å². The van der Waals surface area contributed by atoms with Gasteiger partial charge in [0.05, 0.1) is 0 Å². The van der Waals surface area contributed by atoms with E-state index < -0.39 is 7.26 Å². The standard InChI is InChI=1S/C29H31OP/c1-6-16-26(17-7-1)30-24-14-5-15-25-31(27-18-8-2-9-19-27,28-20-10-3-11-21-28)29-22-12-4-13-23-29/h1-4,6-13,16-23,31H,5,14-15,24-25H2. The molecule has 2 heteroatoms. The van der Waals surface area contributed by atoms with Gasteiger partial charge in [-0.15, -0.1) is 0 Å². The first-order valence-corrected chi connectivity index (χ1v) is 13.4. The summed E-state index contributed by atoms with van der Waals surface area (Å²) in [5.74, 6) is 0.962. The van der Waals surface area contributed by atoms with E-state index >= 15 is 0 Å². The second-order valence-corrected chi connectivity index (χ2v) is 12.0. The molecule has 0 spiro atoms. The molecule has 0 aromatic heterocycles. The zero-order valence-corrected chi connectivity index (χ0v) is 19.0. The van der Waals surface area contributed by atoms with Crippen LogP contribution in [0.15, 0.2) is 121 Å². The zero-order chi connectivity index (χ0) is 21.2. The van der Waals surface area contributed by atoms with Crippen molar-refractivity contribution in [2.75, 3.05) is 12.8 Å². The van der Waals surface area contributed by atoms with Crippen LogP contribution in [0.2, 0.25) is 0 Å². The number of unbranched alkanes of at least 4 members (excludes halogenated alkanes) is 2. The van der Waals surface area contributed by atoms with Gasteiger partial charge in [-0.25, -0.2) is 0 Å². The van der Waals surface area contributed by atoms with Crippen molar-refractivity contribution < 1.29 is 4.74 Å². The van der Waals surface area contributed by atoms with E-state index in [0.717, 1.165) is 18.8 Å². The van der Waals surface area contributed by atoms with Crippen molar-refractivity contribution in [3.8, 4) is 5.75 Å². The van der Waals surface area contributed by atoms with Gasteiger partial charge >= 0.3 is 187 Å². The van der Waals surface area contributed by atoms with Crippen LogP contribution in [0.25, 0.3) is 0 Å². The molecule has 0 heterocycles. The van der Waals surface area contributed by atoms with Crippen LogP contribution in [-0.2, 0) is 0 Å². The van der Waals surface area contributed by atoms with Gasteiger partial charge in [-0.3, -0.25) is 0 Å². The molecule has 0 bridgehead atoms. The average molecular weight is 427 g/mol. The Bertz CT molecular complexity index is 921. The van der Waals surface area contributed by atoms with Gasteiger partial charge < -0.3 is 0 Å². The van der Waals surface area contributed by atoms with E-state index in [4.69, 9.17) is 4.74 Å². The van der Waals surface area contributed by atoms with Crippen LogP contribution in [0.1, 0.15) is 19.3 Å². The van der Waals surface area contributed by atoms with Gasteiger partial charge in [-0.05, 0) is 0 Å². The molecule has 0 N–H and O–H groups in total. The Hall–Kier alpha value is -2.89. The summed E-state index contributed by atoms with van der Waals surface area (Å²) in [6.45, 7) is 0.778. The number of hydrogen-bond donors (Lipinski definition) is 0. The molecule has 0 fully saturated rings. The predicted octanol–water partition coefficient (Wildman–Crippen LogP) is 5.96. The van der Waals surface area contributed by atoms with Crippen LogP contribution < -0.4 is 20.7 Å². The van der Waals surface area contributed by atoms with E-state index in [-0.39, 0.29) is 0 Å². The Morgan fingerprint density at radius 3 is 1.32 bits per heavy atom. The molecule has 0 saturated heterocycles. The van der Waals surface area contributed by atoms with Crippen molar-refractivity contribution in [1.29, 1.82) is 0 Å². The van der Waals surface area contributed by atoms with Gasteiger partial charge in [-0.2, -0.15) is 0 Å². The topological polar surface area (TPSA) is 9.23 Å². The fourth-order valence-corrected chi connectivity index (χ4v) is 9.41. The quantitative estimate of drug-likeness (QED) is 0.224. The molecular formula is C29H31OP. The van der Waals surface area contributed by atoms with E-state index in [1.54, 1.807) is 0 Å². The molecule has 0 saturated carbocycles. The second kappa shape index (κ2) is 10.9. The van der Waals surface area contributed by atoms with Gasteiger partial charge in [0.1, 0.15) is 0 Å². The average Bonchev–Trinajstić information content (AvgIpc) is 2.86. The summed E-state index contributed by atoms with van der Waals surface area (Å²) in [6, 6.07) is 43.7. The summed E-state index contributed by atoms with van der Waals surface area (Å²) >= 11 is 0. The SMILES string of the molecule is c1ccc(OCCCCC[PH](c2ccccc2)(c2ccccc2)c2ccccc2)cc1. The van der Waals surface area contributed by atoms with E-state index in [1.807, 2.05) is 30.3 Å². The molecule has 0 aliphatic heterocycles. The summed E-state index contributed by atoms with van der Waals surface area (Å²) in [5, 5.41) is 4.48. The van der Waals surface area contributed by atoms with Crippen LogP contribution in [0, 0.1) is 0 Å². The number of hydrogen-bond acceptors (Lipinski definition) is 1. The summed E-state index contributed by atoms with van der Waals surface area (Å²) in [6.07, 6.45) is 4.66. The van der Waals surface area contributed by atoms with Crippen molar-refractivity contribution in [2.24, 2.45) is 0 Å². The Balaban J connectivity index is 1.54. The molecule has 158 valence electrons. The molecule has 4 aromatic rings. The van der Waals surface area contributed by atoms with Crippen molar-refractivity contribution in [3.63, 3.8) is 0 Å². The fraction of sp³-hybridized carbons (Fsp3) is 0.172. The Morgan fingerprint density at radius 1 is 0.452 bits per heavy atom. The van der Waals surface area contributed by atoms with Gasteiger partial charge in [0.15, 0.2) is 0 Å². The number of ether oxygens (including phenoxy) is 1.